The first-order valence-corrected chi connectivity index (χ1v) is 7.06. The highest BCUT2D eigenvalue weighted by Crippen LogP contribution is 2.18. The average Bonchev–Trinajstić information content (AvgIpc) is 2.43. The van der Waals surface area contributed by atoms with Gasteiger partial charge in [-0.25, -0.2) is 0 Å². The zero-order valence-corrected chi connectivity index (χ0v) is 14.0. The summed E-state index contributed by atoms with van der Waals surface area (Å²) in [5.74, 6) is 0.129. The molecule has 5 nitrogen and oxygen atoms in total. The van der Waals surface area contributed by atoms with Crippen molar-refractivity contribution in [3.05, 3.63) is 12.7 Å². The van der Waals surface area contributed by atoms with E-state index in [9.17, 15) is 9.59 Å². The van der Waals surface area contributed by atoms with Crippen LogP contribution in [0.2, 0.25) is 0 Å². The SMILES string of the molecule is C=CCCC(=O)N1CCCCC1CNC(=O)CCN.Cl.Cl. The number of piperidine rings is 1. The Kier molecular flexibility index (Phi) is 13.8. The Balaban J connectivity index is 0. The van der Waals surface area contributed by atoms with E-state index < -0.39 is 0 Å². The number of hydrogen-bond acceptors (Lipinski definition) is 3. The van der Waals surface area contributed by atoms with Crippen LogP contribution in [0, 0.1) is 0 Å². The highest BCUT2D eigenvalue weighted by molar-refractivity contribution is 5.85. The van der Waals surface area contributed by atoms with Gasteiger partial charge in [0, 0.05) is 38.5 Å². The molecular weight excluding hydrogens is 313 g/mol. The molecule has 124 valence electrons. The topological polar surface area (TPSA) is 75.4 Å². The quantitative estimate of drug-likeness (QED) is 0.692. The smallest absolute Gasteiger partial charge is 0.223 e. The summed E-state index contributed by atoms with van der Waals surface area (Å²) in [7, 11) is 0. The summed E-state index contributed by atoms with van der Waals surface area (Å²) in [5, 5.41) is 2.86. The van der Waals surface area contributed by atoms with Gasteiger partial charge in [0.25, 0.3) is 0 Å². The van der Waals surface area contributed by atoms with E-state index in [0.29, 0.717) is 32.4 Å². The third kappa shape index (κ3) is 8.29. The number of amides is 2. The van der Waals surface area contributed by atoms with Gasteiger partial charge < -0.3 is 16.0 Å². The fourth-order valence-electron chi connectivity index (χ4n) is 2.36. The first-order valence-electron chi connectivity index (χ1n) is 7.06. The molecule has 0 bridgehead atoms. The number of nitrogens with one attached hydrogen (secondary N) is 1. The van der Waals surface area contributed by atoms with E-state index in [0.717, 1.165) is 25.8 Å². The van der Waals surface area contributed by atoms with Gasteiger partial charge >= 0.3 is 0 Å². The van der Waals surface area contributed by atoms with Gasteiger partial charge in [-0.2, -0.15) is 0 Å². The molecule has 1 rings (SSSR count). The second-order valence-corrected chi connectivity index (χ2v) is 4.91. The zero-order chi connectivity index (χ0) is 14.1. The van der Waals surface area contributed by atoms with Crippen molar-refractivity contribution in [3.63, 3.8) is 0 Å². The second-order valence-electron chi connectivity index (χ2n) is 4.91. The number of nitrogens with two attached hydrogens (primary N) is 1. The molecule has 2 amide bonds. The number of carbonyl (C=O) groups excluding carboxylic acids is 2. The molecule has 1 unspecified atom stereocenters. The summed E-state index contributed by atoms with van der Waals surface area (Å²) in [5.41, 5.74) is 5.33. The maximum Gasteiger partial charge on any atom is 0.223 e. The number of carbonyl (C=O) groups is 2. The van der Waals surface area contributed by atoms with E-state index in [1.807, 2.05) is 4.90 Å². The first kappa shape index (κ1) is 22.5. The van der Waals surface area contributed by atoms with Crippen LogP contribution in [0.1, 0.15) is 38.5 Å². The van der Waals surface area contributed by atoms with Crippen LogP contribution in [0.5, 0.6) is 0 Å². The highest BCUT2D eigenvalue weighted by atomic mass is 35.5. The first-order chi connectivity index (χ1) is 9.19. The van der Waals surface area contributed by atoms with E-state index in [-0.39, 0.29) is 42.7 Å². The number of likely N-dealkylation sites (tertiary alicyclic amines) is 1. The molecule has 21 heavy (non-hydrogen) atoms. The van der Waals surface area contributed by atoms with Gasteiger partial charge in [-0.05, 0) is 25.7 Å². The van der Waals surface area contributed by atoms with Gasteiger partial charge in [-0.1, -0.05) is 6.08 Å². The van der Waals surface area contributed by atoms with Crippen LogP contribution in [0.3, 0.4) is 0 Å². The van der Waals surface area contributed by atoms with Crippen molar-refractivity contribution in [3.8, 4) is 0 Å². The molecule has 0 aromatic heterocycles. The molecule has 3 N–H and O–H groups in total. The third-order valence-corrected chi connectivity index (χ3v) is 3.42. The largest absolute Gasteiger partial charge is 0.354 e. The average molecular weight is 340 g/mol. The molecule has 1 aliphatic rings. The minimum absolute atomic E-state index is 0. The monoisotopic (exact) mass is 339 g/mol. The van der Waals surface area contributed by atoms with E-state index in [1.165, 1.54) is 0 Å². The number of hydrogen-bond donors (Lipinski definition) is 2. The Morgan fingerprint density at radius 1 is 1.29 bits per heavy atom. The van der Waals surface area contributed by atoms with Gasteiger partial charge in [0.05, 0.1) is 0 Å². The van der Waals surface area contributed by atoms with Crippen LogP contribution in [-0.4, -0.2) is 42.4 Å². The van der Waals surface area contributed by atoms with Gasteiger partial charge in [0.1, 0.15) is 0 Å². The van der Waals surface area contributed by atoms with Gasteiger partial charge in [-0.3, -0.25) is 9.59 Å². The van der Waals surface area contributed by atoms with Crippen LogP contribution >= 0.6 is 24.8 Å². The lowest BCUT2D eigenvalue weighted by molar-refractivity contribution is -0.135. The molecule has 0 aromatic carbocycles. The molecule has 0 aliphatic carbocycles. The Bertz CT molecular complexity index is 327. The van der Waals surface area contributed by atoms with Crippen LogP contribution in [-0.2, 0) is 9.59 Å². The van der Waals surface area contributed by atoms with Crippen molar-refractivity contribution in [2.45, 2.75) is 44.6 Å². The van der Waals surface area contributed by atoms with Crippen LogP contribution in [0.4, 0.5) is 0 Å². The Hall–Kier alpha value is -0.780. The molecule has 1 atom stereocenters. The summed E-state index contributed by atoms with van der Waals surface area (Å²) in [6, 6.07) is 0.132. The Morgan fingerprint density at radius 2 is 2.00 bits per heavy atom. The zero-order valence-electron chi connectivity index (χ0n) is 12.4. The van der Waals surface area contributed by atoms with Gasteiger partial charge in [0.15, 0.2) is 0 Å². The number of allylic oxidation sites excluding steroid dienone is 1. The van der Waals surface area contributed by atoms with Crippen molar-refractivity contribution in [1.82, 2.24) is 10.2 Å². The molecule has 0 aromatic rings. The Morgan fingerprint density at radius 3 is 2.62 bits per heavy atom. The van der Waals surface area contributed by atoms with E-state index in [4.69, 9.17) is 5.73 Å². The predicted molar refractivity (Wildman–Crippen MR) is 90.0 cm³/mol. The highest BCUT2D eigenvalue weighted by Gasteiger charge is 2.26. The van der Waals surface area contributed by atoms with E-state index in [2.05, 4.69) is 11.9 Å². The lowest BCUT2D eigenvalue weighted by Gasteiger charge is -2.36. The summed E-state index contributed by atoms with van der Waals surface area (Å²) in [6.07, 6.45) is 6.45. The van der Waals surface area contributed by atoms with Crippen molar-refractivity contribution >= 4 is 36.6 Å². The van der Waals surface area contributed by atoms with Crippen molar-refractivity contribution < 1.29 is 9.59 Å². The lowest BCUT2D eigenvalue weighted by atomic mass is 10.0. The predicted octanol–water partition coefficient (Wildman–Crippen LogP) is 1.64. The molecule has 0 spiro atoms. The summed E-state index contributed by atoms with van der Waals surface area (Å²) < 4.78 is 0. The molecular formula is C14H27Cl2N3O2. The number of halogens is 2. The summed E-state index contributed by atoms with van der Waals surface area (Å²) in [4.78, 5) is 25.4. The van der Waals surface area contributed by atoms with Crippen molar-refractivity contribution in [1.29, 1.82) is 0 Å². The molecule has 1 heterocycles. The van der Waals surface area contributed by atoms with E-state index in [1.54, 1.807) is 6.08 Å². The van der Waals surface area contributed by atoms with E-state index >= 15 is 0 Å². The molecule has 7 heteroatoms. The fourth-order valence-corrected chi connectivity index (χ4v) is 2.36. The van der Waals surface area contributed by atoms with Gasteiger partial charge in [-0.15, -0.1) is 31.4 Å². The number of nitrogens with zero attached hydrogens (tertiary/aromatic N) is 1. The second kappa shape index (κ2) is 12.9. The maximum absolute atomic E-state index is 12.1. The molecule has 0 saturated carbocycles. The molecule has 0 radical (unpaired) electrons. The van der Waals surface area contributed by atoms with Gasteiger partial charge in [0.2, 0.25) is 11.8 Å². The third-order valence-electron chi connectivity index (χ3n) is 3.42. The van der Waals surface area contributed by atoms with Crippen LogP contribution in [0.15, 0.2) is 12.7 Å². The standard InChI is InChI=1S/C14H25N3O2.2ClH/c1-2-3-7-14(19)17-10-5-4-6-12(17)11-16-13(18)8-9-15;;/h2,12H,1,3-11,15H2,(H,16,18);2*1H. The fraction of sp³-hybridized carbons (Fsp3) is 0.714. The lowest BCUT2D eigenvalue weighted by Crippen LogP contribution is -2.49. The maximum atomic E-state index is 12.1. The number of rotatable bonds is 7. The van der Waals surface area contributed by atoms with Crippen molar-refractivity contribution in [2.24, 2.45) is 5.73 Å². The normalized spacial score (nSPS) is 17.2. The Labute approximate surface area is 139 Å². The van der Waals surface area contributed by atoms with Crippen molar-refractivity contribution in [2.75, 3.05) is 19.6 Å². The minimum atomic E-state index is -0.0356. The molecule has 1 aliphatic heterocycles. The van der Waals surface area contributed by atoms with Crippen LogP contribution < -0.4 is 11.1 Å². The summed E-state index contributed by atoms with van der Waals surface area (Å²) >= 11 is 0. The molecule has 1 saturated heterocycles. The molecule has 1 fully saturated rings. The minimum Gasteiger partial charge on any atom is -0.354 e. The van der Waals surface area contributed by atoms with Crippen LogP contribution in [0.25, 0.3) is 0 Å². The summed E-state index contributed by atoms with van der Waals surface area (Å²) in [6.45, 7) is 5.34.